The van der Waals surface area contributed by atoms with Crippen LogP contribution in [-0.4, -0.2) is 42.1 Å². The molecule has 0 aromatic heterocycles. The zero-order valence-corrected chi connectivity index (χ0v) is 15.2. The molecule has 0 unspecified atom stereocenters. The van der Waals surface area contributed by atoms with Crippen molar-refractivity contribution >= 4 is 23.6 Å². The molecule has 0 bridgehead atoms. The highest BCUT2D eigenvalue weighted by Gasteiger charge is 2.19. The standard InChI is InChI=1S/C18H20ClN3O4/c1-22(2)18(24)16(20-19)11-12-3-7-14(8-4-12)26-15-9-5-13(6-10-15)17(23)21-25/h3-10,16,20,25H,11H2,1-2H3,(H,21,23)/t16-/m0/s1. The predicted octanol–water partition coefficient (Wildman–Crippen LogP) is 2.34. The first-order chi connectivity index (χ1) is 12.4. The minimum Gasteiger partial charge on any atom is -0.457 e. The number of nitrogens with zero attached hydrogens (tertiary/aromatic N) is 1. The van der Waals surface area contributed by atoms with E-state index >= 15 is 0 Å². The largest absolute Gasteiger partial charge is 0.457 e. The Hall–Kier alpha value is -2.61. The number of rotatable bonds is 7. The van der Waals surface area contributed by atoms with Crippen molar-refractivity contribution in [3.63, 3.8) is 0 Å². The summed E-state index contributed by atoms with van der Waals surface area (Å²) >= 11 is 5.67. The van der Waals surface area contributed by atoms with E-state index in [1.807, 2.05) is 12.1 Å². The highest BCUT2D eigenvalue weighted by atomic mass is 35.5. The molecule has 0 fully saturated rings. The molecule has 0 radical (unpaired) electrons. The summed E-state index contributed by atoms with van der Waals surface area (Å²) in [5.41, 5.74) is 2.82. The summed E-state index contributed by atoms with van der Waals surface area (Å²) in [4.78, 5) is 27.3. The van der Waals surface area contributed by atoms with Crippen LogP contribution in [-0.2, 0) is 11.2 Å². The van der Waals surface area contributed by atoms with E-state index in [1.54, 1.807) is 56.0 Å². The van der Waals surface area contributed by atoms with Crippen molar-refractivity contribution in [2.75, 3.05) is 14.1 Å². The molecule has 0 aliphatic carbocycles. The quantitative estimate of drug-likeness (QED) is 0.391. The fraction of sp³-hybridized carbons (Fsp3) is 0.222. The molecule has 0 aliphatic rings. The SMILES string of the molecule is CN(C)C(=O)[C@H](Cc1ccc(Oc2ccc(C(=O)NO)cc2)cc1)NCl. The van der Waals surface area contributed by atoms with E-state index in [0.717, 1.165) is 5.56 Å². The van der Waals surface area contributed by atoms with Gasteiger partial charge in [-0.15, -0.1) is 0 Å². The van der Waals surface area contributed by atoms with Gasteiger partial charge in [-0.3, -0.25) is 14.8 Å². The van der Waals surface area contributed by atoms with Gasteiger partial charge in [0.15, 0.2) is 0 Å². The van der Waals surface area contributed by atoms with Gasteiger partial charge in [0, 0.05) is 19.7 Å². The number of ether oxygens (including phenoxy) is 1. The minimum atomic E-state index is -0.587. The molecule has 0 heterocycles. The number of halogens is 1. The van der Waals surface area contributed by atoms with E-state index in [2.05, 4.69) is 4.84 Å². The van der Waals surface area contributed by atoms with Gasteiger partial charge in [0.25, 0.3) is 5.91 Å². The molecular formula is C18H20ClN3O4. The molecule has 26 heavy (non-hydrogen) atoms. The van der Waals surface area contributed by atoms with E-state index in [4.69, 9.17) is 21.7 Å². The predicted molar refractivity (Wildman–Crippen MR) is 97.4 cm³/mol. The van der Waals surface area contributed by atoms with Gasteiger partial charge in [0.05, 0.1) is 0 Å². The number of benzene rings is 2. The van der Waals surface area contributed by atoms with Crippen LogP contribution >= 0.6 is 11.8 Å². The van der Waals surface area contributed by atoms with Crippen LogP contribution < -0.4 is 15.1 Å². The first-order valence-electron chi connectivity index (χ1n) is 7.83. The highest BCUT2D eigenvalue weighted by molar-refractivity contribution is 6.15. The van der Waals surface area contributed by atoms with Crippen LogP contribution in [0.15, 0.2) is 48.5 Å². The average molecular weight is 378 g/mol. The molecule has 7 nitrogen and oxygen atoms in total. The lowest BCUT2D eigenvalue weighted by molar-refractivity contribution is -0.130. The molecule has 0 spiro atoms. The van der Waals surface area contributed by atoms with Crippen molar-refractivity contribution in [2.24, 2.45) is 0 Å². The summed E-state index contributed by atoms with van der Waals surface area (Å²) < 4.78 is 5.71. The highest BCUT2D eigenvalue weighted by Crippen LogP contribution is 2.22. The molecule has 0 saturated carbocycles. The second kappa shape index (κ2) is 9.19. The second-order valence-corrected chi connectivity index (χ2v) is 6.03. The van der Waals surface area contributed by atoms with Gasteiger partial charge >= 0.3 is 0 Å². The summed E-state index contributed by atoms with van der Waals surface area (Å²) in [5.74, 6) is 0.473. The summed E-state index contributed by atoms with van der Waals surface area (Å²) in [6.07, 6.45) is 0.450. The first-order valence-corrected chi connectivity index (χ1v) is 8.21. The van der Waals surface area contributed by atoms with Crippen molar-refractivity contribution in [3.8, 4) is 11.5 Å². The Balaban J connectivity index is 2.01. The van der Waals surface area contributed by atoms with Gasteiger partial charge < -0.3 is 9.64 Å². The fourth-order valence-corrected chi connectivity index (χ4v) is 2.46. The molecule has 0 aliphatic heterocycles. The van der Waals surface area contributed by atoms with Gasteiger partial charge in [-0.25, -0.2) is 10.3 Å². The molecule has 2 aromatic rings. The molecular weight excluding hydrogens is 358 g/mol. The number of amides is 2. The number of hydrogen-bond acceptors (Lipinski definition) is 5. The maximum atomic E-state index is 12.0. The topological polar surface area (TPSA) is 90.9 Å². The molecule has 138 valence electrons. The van der Waals surface area contributed by atoms with Crippen LogP contribution in [0.4, 0.5) is 0 Å². The van der Waals surface area contributed by atoms with Crippen molar-refractivity contribution < 1.29 is 19.5 Å². The lowest BCUT2D eigenvalue weighted by Crippen LogP contribution is -2.41. The number of carbonyl (C=O) groups excluding carboxylic acids is 2. The van der Waals surface area contributed by atoms with E-state index in [0.29, 0.717) is 23.5 Å². The third-order valence-corrected chi connectivity index (χ3v) is 3.95. The molecule has 2 rings (SSSR count). The Morgan fingerprint density at radius 1 is 1.08 bits per heavy atom. The van der Waals surface area contributed by atoms with Crippen LogP contribution in [0.5, 0.6) is 11.5 Å². The summed E-state index contributed by atoms with van der Waals surface area (Å²) in [6, 6.07) is 13.1. The third-order valence-electron chi connectivity index (χ3n) is 3.69. The van der Waals surface area contributed by atoms with Crippen LogP contribution in [0.2, 0.25) is 0 Å². The lowest BCUT2D eigenvalue weighted by atomic mass is 10.1. The number of carbonyl (C=O) groups is 2. The number of likely N-dealkylation sites (N-methyl/N-ethyl adjacent to an activating group) is 1. The number of hydrogen-bond donors (Lipinski definition) is 3. The smallest absolute Gasteiger partial charge is 0.274 e. The number of nitrogens with one attached hydrogen (secondary N) is 2. The summed E-state index contributed by atoms with van der Waals surface area (Å²) in [5, 5.41) is 8.60. The van der Waals surface area contributed by atoms with E-state index in [1.165, 1.54) is 4.90 Å². The van der Waals surface area contributed by atoms with E-state index in [9.17, 15) is 9.59 Å². The Bertz CT molecular complexity index is 748. The van der Waals surface area contributed by atoms with E-state index in [-0.39, 0.29) is 5.91 Å². The molecule has 0 saturated heterocycles. The van der Waals surface area contributed by atoms with Gasteiger partial charge in [-0.2, -0.15) is 0 Å². The van der Waals surface area contributed by atoms with E-state index < -0.39 is 11.9 Å². The third kappa shape index (κ3) is 5.19. The zero-order chi connectivity index (χ0) is 19.1. The minimum absolute atomic E-state index is 0.104. The van der Waals surface area contributed by atoms with Crippen molar-refractivity contribution in [1.29, 1.82) is 0 Å². The average Bonchev–Trinajstić information content (AvgIpc) is 2.66. The Labute approximate surface area is 156 Å². The first kappa shape index (κ1) is 19.7. The molecule has 2 amide bonds. The fourth-order valence-electron chi connectivity index (χ4n) is 2.29. The Morgan fingerprint density at radius 3 is 2.08 bits per heavy atom. The lowest BCUT2D eigenvalue weighted by Gasteiger charge is -2.19. The Kier molecular flexibility index (Phi) is 6.97. The molecule has 8 heteroatoms. The van der Waals surface area contributed by atoms with Gasteiger partial charge in [-0.1, -0.05) is 12.1 Å². The summed E-state index contributed by atoms with van der Waals surface area (Å²) in [6.45, 7) is 0. The van der Waals surface area contributed by atoms with Crippen LogP contribution in [0, 0.1) is 0 Å². The van der Waals surface area contributed by atoms with Crippen molar-refractivity contribution in [3.05, 3.63) is 59.7 Å². The van der Waals surface area contributed by atoms with Gasteiger partial charge in [0.1, 0.15) is 17.5 Å². The monoisotopic (exact) mass is 377 g/mol. The second-order valence-electron chi connectivity index (χ2n) is 5.81. The molecule has 1 atom stereocenters. The molecule has 3 N–H and O–H groups in total. The van der Waals surface area contributed by atoms with Crippen LogP contribution in [0.1, 0.15) is 15.9 Å². The van der Waals surface area contributed by atoms with Crippen LogP contribution in [0.25, 0.3) is 0 Å². The summed E-state index contributed by atoms with van der Waals surface area (Å²) in [7, 11) is 3.35. The number of hydroxylamine groups is 1. The maximum absolute atomic E-state index is 12.0. The Morgan fingerprint density at radius 2 is 1.62 bits per heavy atom. The zero-order valence-electron chi connectivity index (χ0n) is 14.4. The van der Waals surface area contributed by atoms with Gasteiger partial charge in [0.2, 0.25) is 5.91 Å². The van der Waals surface area contributed by atoms with Crippen LogP contribution in [0.3, 0.4) is 0 Å². The van der Waals surface area contributed by atoms with Crippen molar-refractivity contribution in [2.45, 2.75) is 12.5 Å². The normalized spacial score (nSPS) is 11.5. The molecule has 2 aromatic carbocycles. The van der Waals surface area contributed by atoms with Gasteiger partial charge in [-0.05, 0) is 60.2 Å². The van der Waals surface area contributed by atoms with Crippen molar-refractivity contribution in [1.82, 2.24) is 15.2 Å². The maximum Gasteiger partial charge on any atom is 0.274 e.